The van der Waals surface area contributed by atoms with Crippen LogP contribution in [-0.2, 0) is 4.74 Å². The first-order chi connectivity index (χ1) is 12.1. The van der Waals surface area contributed by atoms with Crippen LogP contribution < -0.4 is 5.32 Å². The zero-order valence-corrected chi connectivity index (χ0v) is 15.1. The molecule has 25 heavy (non-hydrogen) atoms. The van der Waals surface area contributed by atoms with Gasteiger partial charge in [-0.3, -0.25) is 4.90 Å². The highest BCUT2D eigenvalue weighted by Crippen LogP contribution is 2.23. The van der Waals surface area contributed by atoms with Crippen molar-refractivity contribution in [1.82, 2.24) is 9.80 Å². The Balaban J connectivity index is 1.57. The maximum atomic E-state index is 13.3. The van der Waals surface area contributed by atoms with Crippen molar-refractivity contribution < 1.29 is 13.9 Å². The Morgan fingerprint density at radius 2 is 2.08 bits per heavy atom. The second-order valence-corrected chi connectivity index (χ2v) is 7.05. The highest BCUT2D eigenvalue weighted by atomic mass is 35.5. The van der Waals surface area contributed by atoms with E-state index in [1.165, 1.54) is 18.2 Å². The van der Waals surface area contributed by atoms with Crippen LogP contribution in [0.15, 0.2) is 18.2 Å². The van der Waals surface area contributed by atoms with Crippen molar-refractivity contribution in [1.29, 1.82) is 0 Å². The maximum absolute atomic E-state index is 13.3. The summed E-state index contributed by atoms with van der Waals surface area (Å²) >= 11 is 5.79. The van der Waals surface area contributed by atoms with Crippen molar-refractivity contribution in [2.45, 2.75) is 31.7 Å². The third-order valence-electron chi connectivity index (χ3n) is 4.94. The molecule has 2 heterocycles. The second-order valence-electron chi connectivity index (χ2n) is 6.64. The van der Waals surface area contributed by atoms with Crippen molar-refractivity contribution in [3.63, 3.8) is 0 Å². The van der Waals surface area contributed by atoms with E-state index in [0.717, 1.165) is 65.1 Å². The molecule has 0 unspecified atom stereocenters. The average Bonchev–Trinajstić information content (AvgIpc) is 2.64. The predicted octanol–water partition coefficient (Wildman–Crippen LogP) is 3.59. The fourth-order valence-corrected chi connectivity index (χ4v) is 3.67. The smallest absolute Gasteiger partial charge is 0.322 e. The molecule has 138 valence electrons. The molecular formula is C18H25ClFN3O2. The molecule has 0 saturated carbocycles. The number of carbonyl (C=O) groups is 1. The maximum Gasteiger partial charge on any atom is 0.322 e. The van der Waals surface area contributed by atoms with Crippen LogP contribution in [0.1, 0.15) is 25.7 Å². The van der Waals surface area contributed by atoms with Crippen LogP contribution in [-0.4, -0.2) is 61.3 Å². The van der Waals surface area contributed by atoms with Crippen molar-refractivity contribution in [3.05, 3.63) is 29.0 Å². The van der Waals surface area contributed by atoms with Crippen molar-refractivity contribution >= 4 is 23.3 Å². The number of likely N-dealkylation sites (tertiary alicyclic amines) is 1. The van der Waals surface area contributed by atoms with E-state index in [-0.39, 0.29) is 17.1 Å². The molecule has 0 bridgehead atoms. The second kappa shape index (κ2) is 8.83. The minimum absolute atomic E-state index is 0.0142. The highest BCUT2D eigenvalue weighted by molar-refractivity contribution is 6.31. The molecule has 5 nitrogen and oxygen atoms in total. The summed E-state index contributed by atoms with van der Waals surface area (Å²) in [5.41, 5.74) is 0.522. The number of urea groups is 1. The monoisotopic (exact) mass is 369 g/mol. The van der Waals surface area contributed by atoms with Crippen LogP contribution in [0.2, 0.25) is 5.02 Å². The van der Waals surface area contributed by atoms with Gasteiger partial charge in [-0.15, -0.1) is 0 Å². The summed E-state index contributed by atoms with van der Waals surface area (Å²) in [6.07, 6.45) is 4.17. The topological polar surface area (TPSA) is 44.8 Å². The molecule has 0 aromatic heterocycles. The number of anilines is 1. The Morgan fingerprint density at radius 1 is 1.28 bits per heavy atom. The first-order valence-electron chi connectivity index (χ1n) is 8.96. The summed E-state index contributed by atoms with van der Waals surface area (Å²) in [6, 6.07) is 4.36. The number of carbonyl (C=O) groups excluding carboxylic acids is 1. The van der Waals surface area contributed by atoms with E-state index >= 15 is 0 Å². The zero-order valence-electron chi connectivity index (χ0n) is 14.3. The predicted molar refractivity (Wildman–Crippen MR) is 96.6 cm³/mol. The molecule has 2 saturated heterocycles. The minimum Gasteiger partial charge on any atom is -0.379 e. The molecule has 1 aromatic rings. The quantitative estimate of drug-likeness (QED) is 0.882. The van der Waals surface area contributed by atoms with Gasteiger partial charge >= 0.3 is 6.03 Å². The third kappa shape index (κ3) is 5.06. The van der Waals surface area contributed by atoms with Gasteiger partial charge in [-0.2, -0.15) is 0 Å². The van der Waals surface area contributed by atoms with Crippen LogP contribution >= 0.6 is 11.6 Å². The van der Waals surface area contributed by atoms with Crippen LogP contribution in [0.4, 0.5) is 14.9 Å². The Labute approximate surface area is 153 Å². The van der Waals surface area contributed by atoms with Gasteiger partial charge in [0.2, 0.25) is 0 Å². The van der Waals surface area contributed by atoms with Gasteiger partial charge in [-0.05, 0) is 43.9 Å². The van der Waals surface area contributed by atoms with E-state index in [4.69, 9.17) is 16.3 Å². The summed E-state index contributed by atoms with van der Waals surface area (Å²) in [5.74, 6) is -0.485. The lowest BCUT2D eigenvalue weighted by Gasteiger charge is -2.37. The number of ether oxygens (including phenoxy) is 1. The molecule has 1 N–H and O–H groups in total. The van der Waals surface area contributed by atoms with Gasteiger partial charge in [0.05, 0.1) is 18.2 Å². The fourth-order valence-electron chi connectivity index (χ4n) is 3.49. The molecule has 0 radical (unpaired) electrons. The average molecular weight is 370 g/mol. The summed E-state index contributed by atoms with van der Waals surface area (Å²) in [7, 11) is 0. The molecule has 3 rings (SSSR count). The Bertz CT molecular complexity index is 596. The number of hydrogen-bond donors (Lipinski definition) is 1. The molecule has 2 aliphatic rings. The number of amides is 2. The van der Waals surface area contributed by atoms with E-state index in [1.807, 2.05) is 4.90 Å². The SMILES string of the molecule is O=C(Nc1ccc(F)c(Cl)c1)N1CCCC[C@@H]1CCN1CCOCC1. The summed E-state index contributed by atoms with van der Waals surface area (Å²) < 4.78 is 18.6. The molecule has 7 heteroatoms. The standard InChI is InChI=1S/C18H25ClFN3O2/c19-16-13-14(4-5-17(16)20)21-18(24)23-7-2-1-3-15(23)6-8-22-9-11-25-12-10-22/h4-5,13,15H,1-3,6-12H2,(H,21,24)/t15-/m1/s1. The number of piperidine rings is 1. The lowest BCUT2D eigenvalue weighted by atomic mass is 9.99. The lowest BCUT2D eigenvalue weighted by molar-refractivity contribution is 0.0329. The normalized spacial score (nSPS) is 22.0. The molecule has 2 aliphatic heterocycles. The Kier molecular flexibility index (Phi) is 6.51. The number of nitrogens with one attached hydrogen (secondary N) is 1. The Hall–Kier alpha value is -1.37. The van der Waals surface area contributed by atoms with Crippen LogP contribution in [0.5, 0.6) is 0 Å². The van der Waals surface area contributed by atoms with E-state index in [0.29, 0.717) is 5.69 Å². The third-order valence-corrected chi connectivity index (χ3v) is 5.23. The van der Waals surface area contributed by atoms with E-state index in [1.54, 1.807) is 0 Å². The van der Waals surface area contributed by atoms with Gasteiger partial charge < -0.3 is 15.0 Å². The largest absolute Gasteiger partial charge is 0.379 e. The van der Waals surface area contributed by atoms with Crippen molar-refractivity contribution in [3.8, 4) is 0 Å². The molecule has 0 aliphatic carbocycles. The van der Waals surface area contributed by atoms with Gasteiger partial charge in [0, 0.05) is 37.9 Å². The summed E-state index contributed by atoms with van der Waals surface area (Å²) in [5, 5.41) is 2.86. The zero-order chi connectivity index (χ0) is 17.6. The molecule has 1 aromatic carbocycles. The van der Waals surface area contributed by atoms with E-state index in [9.17, 15) is 9.18 Å². The van der Waals surface area contributed by atoms with Gasteiger partial charge in [0.1, 0.15) is 5.82 Å². The molecule has 1 atom stereocenters. The Morgan fingerprint density at radius 3 is 2.84 bits per heavy atom. The minimum atomic E-state index is -0.485. The molecular weight excluding hydrogens is 345 g/mol. The van der Waals surface area contributed by atoms with Gasteiger partial charge in [-0.1, -0.05) is 11.6 Å². The van der Waals surface area contributed by atoms with Crippen LogP contribution in [0.3, 0.4) is 0 Å². The number of hydrogen-bond acceptors (Lipinski definition) is 3. The number of rotatable bonds is 4. The van der Waals surface area contributed by atoms with E-state index < -0.39 is 5.82 Å². The van der Waals surface area contributed by atoms with Crippen LogP contribution in [0.25, 0.3) is 0 Å². The summed E-state index contributed by atoms with van der Waals surface area (Å²) in [4.78, 5) is 17.0. The molecule has 0 spiro atoms. The van der Waals surface area contributed by atoms with Gasteiger partial charge in [0.15, 0.2) is 0 Å². The fraction of sp³-hybridized carbons (Fsp3) is 0.611. The number of halogens is 2. The van der Waals surface area contributed by atoms with Crippen LogP contribution in [0, 0.1) is 5.82 Å². The highest BCUT2D eigenvalue weighted by Gasteiger charge is 2.27. The summed E-state index contributed by atoms with van der Waals surface area (Å²) in [6.45, 7) is 5.26. The van der Waals surface area contributed by atoms with Crippen molar-refractivity contribution in [2.24, 2.45) is 0 Å². The lowest BCUT2D eigenvalue weighted by Crippen LogP contribution is -2.48. The first kappa shape index (κ1) is 18.4. The first-order valence-corrected chi connectivity index (χ1v) is 9.34. The van der Waals surface area contributed by atoms with Gasteiger partial charge in [0.25, 0.3) is 0 Å². The van der Waals surface area contributed by atoms with E-state index in [2.05, 4.69) is 10.2 Å². The number of morpholine rings is 1. The molecule has 2 fully saturated rings. The van der Waals surface area contributed by atoms with Crippen molar-refractivity contribution in [2.75, 3.05) is 44.7 Å². The number of benzene rings is 1. The van der Waals surface area contributed by atoms with Gasteiger partial charge in [-0.25, -0.2) is 9.18 Å². The number of nitrogens with zero attached hydrogens (tertiary/aromatic N) is 2. The molecule has 2 amide bonds.